The number of amides is 1. The van der Waals surface area contributed by atoms with Crippen LogP contribution in [0.1, 0.15) is 31.7 Å². The first-order chi connectivity index (χ1) is 12.2. The largest absolute Gasteiger partial charge is 0.421 e. The van der Waals surface area contributed by atoms with E-state index in [9.17, 15) is 9.59 Å². The zero-order valence-corrected chi connectivity index (χ0v) is 14.5. The molecule has 1 aromatic rings. The molecule has 0 unspecified atom stereocenters. The van der Waals surface area contributed by atoms with Gasteiger partial charge in [-0.2, -0.15) is 0 Å². The molecular weight excluding hydrogens is 316 g/mol. The van der Waals surface area contributed by atoms with Crippen LogP contribution >= 0.6 is 0 Å². The van der Waals surface area contributed by atoms with Crippen molar-refractivity contribution < 1.29 is 14.3 Å². The molecule has 1 heterocycles. The van der Waals surface area contributed by atoms with Crippen LogP contribution in [0.3, 0.4) is 0 Å². The zero-order chi connectivity index (χ0) is 18.1. The van der Waals surface area contributed by atoms with Crippen molar-refractivity contribution in [3.05, 3.63) is 42.0 Å². The molecule has 0 radical (unpaired) electrons. The number of carbonyl (C=O) groups excluding carboxylic acids is 2. The topological polar surface area (TPSA) is 58.6 Å². The molecule has 5 heteroatoms. The van der Waals surface area contributed by atoms with Gasteiger partial charge in [0.1, 0.15) is 12.0 Å². The van der Waals surface area contributed by atoms with Gasteiger partial charge in [-0.15, -0.1) is 0 Å². The minimum Gasteiger partial charge on any atom is -0.421 e. The molecule has 0 aliphatic carbocycles. The van der Waals surface area contributed by atoms with Gasteiger partial charge in [0.2, 0.25) is 5.91 Å². The van der Waals surface area contributed by atoms with E-state index in [0.717, 1.165) is 19.3 Å². The van der Waals surface area contributed by atoms with Gasteiger partial charge in [-0.1, -0.05) is 36.8 Å². The van der Waals surface area contributed by atoms with Crippen molar-refractivity contribution in [2.45, 2.75) is 50.9 Å². The second-order valence-corrected chi connectivity index (χ2v) is 6.17. The molecular formula is C20H24N2O3. The molecule has 0 spiro atoms. The number of nitrogens with zero attached hydrogens (tertiary/aromatic N) is 1. The molecule has 3 atom stereocenters. The number of terminal acetylenes is 1. The van der Waals surface area contributed by atoms with Crippen molar-refractivity contribution in [3.8, 4) is 12.5 Å². The van der Waals surface area contributed by atoms with Crippen LogP contribution in [0.2, 0.25) is 0 Å². The fraction of sp³-hybridized carbons (Fsp3) is 0.450. The van der Waals surface area contributed by atoms with Crippen LogP contribution in [0.4, 0.5) is 0 Å². The molecule has 1 saturated heterocycles. The third kappa shape index (κ3) is 5.49. The standard InChI is InChI=1S/C20H24N2O3/c1-3-25-19-10-7-14-22(19)20(24)16(2)21-18(13-15-23)12-11-17-8-5-4-6-9-17/h1,4-6,8-9,13,16,18-19,21H,7,10-12,14H2,2H3/t16-,18-,19+/m0/s1. The Hall–Kier alpha value is -2.54. The third-order valence-corrected chi connectivity index (χ3v) is 4.38. The number of hydrogen-bond donors (Lipinski definition) is 1. The van der Waals surface area contributed by atoms with Crippen LogP contribution in [0.5, 0.6) is 0 Å². The molecule has 2 rings (SSSR count). The maximum atomic E-state index is 12.6. The highest BCUT2D eigenvalue weighted by atomic mass is 16.5. The molecule has 0 bridgehead atoms. The Morgan fingerprint density at radius 1 is 1.48 bits per heavy atom. The summed E-state index contributed by atoms with van der Waals surface area (Å²) in [4.78, 5) is 25.1. The molecule has 1 N–H and O–H groups in total. The van der Waals surface area contributed by atoms with Gasteiger partial charge in [0.05, 0.1) is 6.04 Å². The smallest absolute Gasteiger partial charge is 0.242 e. The highest BCUT2D eigenvalue weighted by Gasteiger charge is 2.33. The number of nitrogens with one attached hydrogen (secondary N) is 1. The normalized spacial score (nSPS) is 18.7. The quantitative estimate of drug-likeness (QED) is 0.580. The summed E-state index contributed by atoms with van der Waals surface area (Å²) < 4.78 is 5.18. The Kier molecular flexibility index (Phi) is 7.28. The monoisotopic (exact) mass is 340 g/mol. The van der Waals surface area contributed by atoms with E-state index in [-0.39, 0.29) is 18.2 Å². The zero-order valence-electron chi connectivity index (χ0n) is 14.5. The van der Waals surface area contributed by atoms with Crippen molar-refractivity contribution in [2.24, 2.45) is 0 Å². The minimum atomic E-state index is -0.438. The molecule has 0 aromatic heterocycles. The Balaban J connectivity index is 1.92. The van der Waals surface area contributed by atoms with Gasteiger partial charge >= 0.3 is 0 Å². The fourth-order valence-electron chi connectivity index (χ4n) is 3.09. The second kappa shape index (κ2) is 9.68. The Morgan fingerprint density at radius 2 is 2.24 bits per heavy atom. The summed E-state index contributed by atoms with van der Waals surface area (Å²) >= 11 is 0. The number of benzene rings is 1. The number of likely N-dealkylation sites (tertiary alicyclic amines) is 1. The number of hydrogen-bond acceptors (Lipinski definition) is 4. The summed E-state index contributed by atoms with van der Waals surface area (Å²) in [6, 6.07) is 9.37. The lowest BCUT2D eigenvalue weighted by Gasteiger charge is -2.27. The summed E-state index contributed by atoms with van der Waals surface area (Å²) in [6.07, 6.45) is 11.6. The van der Waals surface area contributed by atoms with Crippen LogP contribution in [0, 0.1) is 12.5 Å². The summed E-state index contributed by atoms with van der Waals surface area (Å²) in [5, 5.41) is 3.21. The average Bonchev–Trinajstić information content (AvgIpc) is 3.08. The molecule has 5 nitrogen and oxygen atoms in total. The Morgan fingerprint density at radius 3 is 2.92 bits per heavy atom. The van der Waals surface area contributed by atoms with Gasteiger partial charge in [-0.3, -0.25) is 10.1 Å². The summed E-state index contributed by atoms with van der Waals surface area (Å²) in [7, 11) is 0. The van der Waals surface area contributed by atoms with Gasteiger partial charge in [0.25, 0.3) is 0 Å². The van der Waals surface area contributed by atoms with Gasteiger partial charge in [0.15, 0.2) is 6.23 Å². The number of carbonyl (C=O) groups is 1. The summed E-state index contributed by atoms with van der Waals surface area (Å²) in [6.45, 7) is 2.43. The predicted octanol–water partition coefficient (Wildman–Crippen LogP) is 1.91. The SMILES string of the molecule is C#CO[C@@H]1CCCN1C(=O)[C@H](C)N[C@H](C=C=O)CCc1ccccc1. The van der Waals surface area contributed by atoms with Crippen molar-refractivity contribution in [2.75, 3.05) is 6.54 Å². The molecule has 1 aliphatic heterocycles. The van der Waals surface area contributed by atoms with Crippen LogP contribution in [-0.4, -0.2) is 41.6 Å². The van der Waals surface area contributed by atoms with E-state index < -0.39 is 6.04 Å². The number of rotatable bonds is 8. The lowest BCUT2D eigenvalue weighted by atomic mass is 10.0. The first-order valence-corrected chi connectivity index (χ1v) is 8.58. The van der Waals surface area contributed by atoms with Crippen LogP contribution < -0.4 is 5.32 Å². The maximum Gasteiger partial charge on any atom is 0.242 e. The van der Waals surface area contributed by atoms with Crippen molar-refractivity contribution in [3.63, 3.8) is 0 Å². The second-order valence-electron chi connectivity index (χ2n) is 6.17. The summed E-state index contributed by atoms with van der Waals surface area (Å²) in [5.41, 5.74) is 1.19. The van der Waals surface area contributed by atoms with E-state index in [0.29, 0.717) is 13.0 Å². The van der Waals surface area contributed by atoms with E-state index in [2.05, 4.69) is 11.4 Å². The van der Waals surface area contributed by atoms with E-state index in [4.69, 9.17) is 11.2 Å². The van der Waals surface area contributed by atoms with E-state index in [1.807, 2.05) is 36.3 Å². The molecule has 1 fully saturated rings. The van der Waals surface area contributed by atoms with Crippen LogP contribution in [0.25, 0.3) is 0 Å². The molecule has 25 heavy (non-hydrogen) atoms. The Bertz CT molecular complexity index is 647. The van der Waals surface area contributed by atoms with Gasteiger partial charge in [-0.25, -0.2) is 4.79 Å². The van der Waals surface area contributed by atoms with E-state index in [1.165, 1.54) is 11.6 Å². The van der Waals surface area contributed by atoms with Crippen LogP contribution in [0.15, 0.2) is 36.4 Å². The van der Waals surface area contributed by atoms with Crippen LogP contribution in [-0.2, 0) is 20.7 Å². The molecule has 1 aromatic carbocycles. The van der Waals surface area contributed by atoms with Gasteiger partial charge < -0.3 is 9.64 Å². The van der Waals surface area contributed by atoms with Crippen molar-refractivity contribution in [1.29, 1.82) is 0 Å². The first kappa shape index (κ1) is 18.8. The lowest BCUT2D eigenvalue weighted by Crippen LogP contribution is -2.49. The predicted molar refractivity (Wildman–Crippen MR) is 96.1 cm³/mol. The Labute approximate surface area is 149 Å². The molecule has 0 saturated carbocycles. The molecule has 132 valence electrons. The van der Waals surface area contributed by atoms with Gasteiger partial charge in [0, 0.05) is 25.1 Å². The number of ether oxygens (including phenoxy) is 1. The van der Waals surface area contributed by atoms with E-state index >= 15 is 0 Å². The van der Waals surface area contributed by atoms with Crippen molar-refractivity contribution >= 4 is 11.8 Å². The minimum absolute atomic E-state index is 0.0678. The third-order valence-electron chi connectivity index (χ3n) is 4.38. The maximum absolute atomic E-state index is 12.6. The highest BCUT2D eigenvalue weighted by Crippen LogP contribution is 2.19. The fourth-order valence-corrected chi connectivity index (χ4v) is 3.09. The number of aryl methyl sites for hydroxylation is 1. The average molecular weight is 340 g/mol. The lowest BCUT2D eigenvalue weighted by molar-refractivity contribution is -0.139. The highest BCUT2D eigenvalue weighted by molar-refractivity contribution is 5.82. The first-order valence-electron chi connectivity index (χ1n) is 8.58. The van der Waals surface area contributed by atoms with E-state index in [1.54, 1.807) is 11.8 Å². The molecule has 1 aliphatic rings. The van der Waals surface area contributed by atoms with Gasteiger partial charge in [-0.05, 0) is 31.7 Å². The van der Waals surface area contributed by atoms with Crippen molar-refractivity contribution in [1.82, 2.24) is 10.2 Å². The summed E-state index contributed by atoms with van der Waals surface area (Å²) in [5.74, 6) is 1.77. The molecule has 1 amide bonds.